The van der Waals surface area contributed by atoms with Crippen molar-refractivity contribution in [2.45, 2.75) is 38.6 Å². The van der Waals surface area contributed by atoms with Gasteiger partial charge in [0, 0.05) is 25.0 Å². The van der Waals surface area contributed by atoms with E-state index in [1.165, 1.54) is 0 Å². The molecule has 6 nitrogen and oxygen atoms in total. The molecule has 114 valence electrons. The van der Waals surface area contributed by atoms with Gasteiger partial charge in [0.2, 0.25) is 0 Å². The molecule has 0 spiro atoms. The maximum absolute atomic E-state index is 12.1. The number of carbonyl (C=O) groups is 2. The number of carbonyl (C=O) groups excluding carboxylic acids is 1. The molecule has 1 unspecified atom stereocenters. The highest BCUT2D eigenvalue weighted by Crippen LogP contribution is 2.20. The summed E-state index contributed by atoms with van der Waals surface area (Å²) in [7, 11) is 0. The fourth-order valence-electron chi connectivity index (χ4n) is 2.49. The Morgan fingerprint density at radius 1 is 1.43 bits per heavy atom. The maximum Gasteiger partial charge on any atom is 0.326 e. The number of anilines is 1. The SMILES string of the molecule is CCCC(NC(=O)c1cc(N2CCCC2)ccn1)C(=O)O. The van der Waals surface area contributed by atoms with Crippen LogP contribution in [0.1, 0.15) is 43.1 Å². The number of aliphatic carboxylic acids is 1. The number of hydrogen-bond acceptors (Lipinski definition) is 4. The zero-order valence-corrected chi connectivity index (χ0v) is 12.2. The van der Waals surface area contributed by atoms with E-state index in [0.29, 0.717) is 12.8 Å². The fourth-order valence-corrected chi connectivity index (χ4v) is 2.49. The number of rotatable bonds is 6. The Balaban J connectivity index is 2.07. The molecule has 0 aliphatic carbocycles. The van der Waals surface area contributed by atoms with E-state index in [9.17, 15) is 9.59 Å². The van der Waals surface area contributed by atoms with E-state index in [0.717, 1.165) is 31.6 Å². The smallest absolute Gasteiger partial charge is 0.326 e. The molecule has 2 N–H and O–H groups in total. The first kappa shape index (κ1) is 15.3. The van der Waals surface area contributed by atoms with Crippen molar-refractivity contribution in [1.82, 2.24) is 10.3 Å². The van der Waals surface area contributed by atoms with Crippen molar-refractivity contribution in [1.29, 1.82) is 0 Å². The Labute approximate surface area is 124 Å². The summed E-state index contributed by atoms with van der Waals surface area (Å²) in [5.41, 5.74) is 1.23. The quantitative estimate of drug-likeness (QED) is 0.833. The first-order chi connectivity index (χ1) is 10.1. The zero-order valence-electron chi connectivity index (χ0n) is 12.2. The number of amides is 1. The number of carboxylic acid groups (broad SMARTS) is 1. The Kier molecular flexibility index (Phi) is 5.14. The van der Waals surface area contributed by atoms with Crippen LogP contribution in [-0.2, 0) is 4.79 Å². The van der Waals surface area contributed by atoms with Crippen LogP contribution in [0.3, 0.4) is 0 Å². The van der Waals surface area contributed by atoms with Crippen LogP contribution in [0.2, 0.25) is 0 Å². The van der Waals surface area contributed by atoms with Gasteiger partial charge in [-0.15, -0.1) is 0 Å². The Hall–Kier alpha value is -2.11. The van der Waals surface area contributed by atoms with Crippen molar-refractivity contribution < 1.29 is 14.7 Å². The number of hydrogen-bond donors (Lipinski definition) is 2. The molecule has 1 aromatic heterocycles. The lowest BCUT2D eigenvalue weighted by Gasteiger charge is -2.18. The molecule has 2 rings (SSSR count). The molecule has 1 saturated heterocycles. The molecule has 2 heterocycles. The molecular weight excluding hydrogens is 270 g/mol. The van der Waals surface area contributed by atoms with Gasteiger partial charge in [-0.2, -0.15) is 0 Å². The van der Waals surface area contributed by atoms with Crippen LogP contribution in [0.4, 0.5) is 5.69 Å². The molecule has 1 fully saturated rings. The molecule has 0 radical (unpaired) electrons. The lowest BCUT2D eigenvalue weighted by atomic mass is 10.1. The van der Waals surface area contributed by atoms with Gasteiger partial charge < -0.3 is 15.3 Å². The molecule has 1 amide bonds. The lowest BCUT2D eigenvalue weighted by molar-refractivity contribution is -0.139. The molecular formula is C15H21N3O3. The van der Waals surface area contributed by atoms with Crippen molar-refractivity contribution >= 4 is 17.6 Å². The fraction of sp³-hybridized carbons (Fsp3) is 0.533. The van der Waals surface area contributed by atoms with Crippen LogP contribution in [0, 0.1) is 0 Å². The van der Waals surface area contributed by atoms with Gasteiger partial charge in [-0.05, 0) is 31.4 Å². The minimum absolute atomic E-state index is 0.266. The van der Waals surface area contributed by atoms with E-state index in [4.69, 9.17) is 5.11 Å². The van der Waals surface area contributed by atoms with Crippen LogP contribution < -0.4 is 10.2 Å². The summed E-state index contributed by atoms with van der Waals surface area (Å²) in [6, 6.07) is 2.74. The minimum atomic E-state index is -1.01. The predicted molar refractivity (Wildman–Crippen MR) is 79.5 cm³/mol. The Morgan fingerprint density at radius 3 is 2.76 bits per heavy atom. The van der Waals surface area contributed by atoms with Crippen LogP contribution in [-0.4, -0.2) is 41.1 Å². The van der Waals surface area contributed by atoms with Crippen LogP contribution >= 0.6 is 0 Å². The molecule has 0 bridgehead atoms. The normalized spacial score (nSPS) is 15.8. The average Bonchev–Trinajstić information content (AvgIpc) is 3.01. The van der Waals surface area contributed by atoms with Gasteiger partial charge in [0.05, 0.1) is 0 Å². The third-order valence-electron chi connectivity index (χ3n) is 3.63. The molecule has 1 aliphatic rings. The monoisotopic (exact) mass is 291 g/mol. The van der Waals surface area contributed by atoms with Crippen molar-refractivity contribution in [3.63, 3.8) is 0 Å². The first-order valence-electron chi connectivity index (χ1n) is 7.36. The maximum atomic E-state index is 12.1. The van der Waals surface area contributed by atoms with E-state index in [1.54, 1.807) is 12.3 Å². The Bertz CT molecular complexity index is 513. The topological polar surface area (TPSA) is 82.5 Å². The minimum Gasteiger partial charge on any atom is -0.480 e. The molecule has 1 atom stereocenters. The first-order valence-corrected chi connectivity index (χ1v) is 7.36. The van der Waals surface area contributed by atoms with Crippen molar-refractivity contribution in [3.8, 4) is 0 Å². The van der Waals surface area contributed by atoms with Crippen LogP contribution in [0.25, 0.3) is 0 Å². The highest BCUT2D eigenvalue weighted by Gasteiger charge is 2.21. The second-order valence-corrected chi connectivity index (χ2v) is 5.25. The summed E-state index contributed by atoms with van der Waals surface area (Å²) < 4.78 is 0. The standard InChI is InChI=1S/C15H21N3O3/c1-2-5-12(15(20)21)17-14(19)13-10-11(6-7-16-13)18-8-3-4-9-18/h6-7,10,12H,2-5,8-9H2,1H3,(H,17,19)(H,20,21). The summed E-state index contributed by atoms with van der Waals surface area (Å²) in [4.78, 5) is 29.5. The van der Waals surface area contributed by atoms with Gasteiger partial charge in [-0.25, -0.2) is 4.79 Å². The highest BCUT2D eigenvalue weighted by molar-refractivity contribution is 5.95. The van der Waals surface area contributed by atoms with E-state index in [-0.39, 0.29) is 5.69 Å². The summed E-state index contributed by atoms with van der Waals surface area (Å²) in [6.45, 7) is 3.85. The van der Waals surface area contributed by atoms with Crippen molar-refractivity contribution in [2.75, 3.05) is 18.0 Å². The summed E-state index contributed by atoms with van der Waals surface area (Å²) in [5.74, 6) is -1.45. The summed E-state index contributed by atoms with van der Waals surface area (Å²) in [6.07, 6.45) is 5.01. The van der Waals surface area contributed by atoms with Gasteiger partial charge >= 0.3 is 5.97 Å². The molecule has 0 saturated carbocycles. The van der Waals surface area contributed by atoms with Gasteiger partial charge in [0.15, 0.2) is 0 Å². The van der Waals surface area contributed by atoms with Gasteiger partial charge in [-0.3, -0.25) is 9.78 Å². The number of aromatic nitrogens is 1. The number of nitrogens with one attached hydrogen (secondary N) is 1. The number of pyridine rings is 1. The van der Waals surface area contributed by atoms with E-state index < -0.39 is 17.9 Å². The van der Waals surface area contributed by atoms with Crippen LogP contribution in [0.5, 0.6) is 0 Å². The van der Waals surface area contributed by atoms with Crippen LogP contribution in [0.15, 0.2) is 18.3 Å². The Morgan fingerprint density at radius 2 is 2.14 bits per heavy atom. The van der Waals surface area contributed by atoms with E-state index in [1.807, 2.05) is 13.0 Å². The van der Waals surface area contributed by atoms with Gasteiger partial charge in [0.1, 0.15) is 11.7 Å². The molecule has 6 heteroatoms. The van der Waals surface area contributed by atoms with Crippen molar-refractivity contribution in [2.24, 2.45) is 0 Å². The van der Waals surface area contributed by atoms with E-state index >= 15 is 0 Å². The van der Waals surface area contributed by atoms with Gasteiger partial charge in [0.25, 0.3) is 5.91 Å². The number of carboxylic acids is 1. The third kappa shape index (κ3) is 3.93. The lowest BCUT2D eigenvalue weighted by Crippen LogP contribution is -2.41. The molecule has 1 aliphatic heterocycles. The number of nitrogens with zero attached hydrogens (tertiary/aromatic N) is 2. The van der Waals surface area contributed by atoms with Crippen molar-refractivity contribution in [3.05, 3.63) is 24.0 Å². The second-order valence-electron chi connectivity index (χ2n) is 5.25. The predicted octanol–water partition coefficient (Wildman–Crippen LogP) is 1.66. The molecule has 1 aromatic rings. The molecule has 0 aromatic carbocycles. The average molecular weight is 291 g/mol. The second kappa shape index (κ2) is 7.06. The summed E-state index contributed by atoms with van der Waals surface area (Å²) >= 11 is 0. The van der Waals surface area contributed by atoms with Gasteiger partial charge in [-0.1, -0.05) is 13.3 Å². The largest absolute Gasteiger partial charge is 0.480 e. The third-order valence-corrected chi connectivity index (χ3v) is 3.63. The van der Waals surface area contributed by atoms with E-state index in [2.05, 4.69) is 15.2 Å². The molecule has 21 heavy (non-hydrogen) atoms. The zero-order chi connectivity index (χ0) is 15.2. The summed E-state index contributed by atoms with van der Waals surface area (Å²) in [5, 5.41) is 11.6. The highest BCUT2D eigenvalue weighted by atomic mass is 16.4.